The third-order valence-electron chi connectivity index (χ3n) is 5.44. The molecule has 1 saturated heterocycles. The van der Waals surface area contributed by atoms with Crippen LogP contribution in [0.3, 0.4) is 0 Å². The van der Waals surface area contributed by atoms with E-state index in [1.165, 1.54) is 5.56 Å². The number of hydrogen-bond acceptors (Lipinski definition) is 3. The van der Waals surface area contributed by atoms with Gasteiger partial charge in [-0.15, -0.1) is 0 Å². The van der Waals surface area contributed by atoms with Crippen LogP contribution in [-0.4, -0.2) is 60.5 Å². The van der Waals surface area contributed by atoms with Gasteiger partial charge in [-0.1, -0.05) is 71.8 Å². The number of anilines is 1. The highest BCUT2D eigenvalue weighted by Crippen LogP contribution is 2.14. The minimum Gasteiger partial charge on any atom is -0.338 e. The zero-order valence-electron chi connectivity index (χ0n) is 18.5. The standard InChI is InChI=1S/C25H31BrN4O2/c1-2-7-23(28-25(32)27-22-13-11-21(26)12-14-22)24(31)30-18-16-29(17-19-30)15-6-10-20-8-4-3-5-9-20/h3-6,8-14,23H,2,7,15-19H2,1H3,(H2,27,28,32)/b10-6+. The summed E-state index contributed by atoms with van der Waals surface area (Å²) in [6.07, 6.45) is 5.73. The van der Waals surface area contributed by atoms with Gasteiger partial charge in [0.2, 0.25) is 5.91 Å². The molecule has 0 aliphatic carbocycles. The van der Waals surface area contributed by atoms with Gasteiger partial charge in [-0.2, -0.15) is 0 Å². The van der Waals surface area contributed by atoms with Crippen molar-refractivity contribution < 1.29 is 9.59 Å². The lowest BCUT2D eigenvalue weighted by atomic mass is 10.1. The van der Waals surface area contributed by atoms with Crippen LogP contribution in [0.15, 0.2) is 65.1 Å². The van der Waals surface area contributed by atoms with E-state index in [0.29, 0.717) is 25.2 Å². The van der Waals surface area contributed by atoms with Crippen molar-refractivity contribution in [1.82, 2.24) is 15.1 Å². The summed E-state index contributed by atoms with van der Waals surface area (Å²) in [7, 11) is 0. The molecular formula is C25H31BrN4O2. The normalized spacial score (nSPS) is 15.5. The summed E-state index contributed by atoms with van der Waals surface area (Å²) in [6.45, 7) is 5.89. The summed E-state index contributed by atoms with van der Waals surface area (Å²) < 4.78 is 0.942. The van der Waals surface area contributed by atoms with Crippen molar-refractivity contribution >= 4 is 39.6 Å². The van der Waals surface area contributed by atoms with E-state index in [1.54, 1.807) is 0 Å². The average molecular weight is 499 g/mol. The van der Waals surface area contributed by atoms with Gasteiger partial charge in [0.25, 0.3) is 0 Å². The SMILES string of the molecule is CCCC(NC(=O)Nc1ccc(Br)cc1)C(=O)N1CCN(C/C=C/c2ccccc2)CC1. The van der Waals surface area contributed by atoms with E-state index in [9.17, 15) is 9.59 Å². The van der Waals surface area contributed by atoms with E-state index in [2.05, 4.69) is 55.7 Å². The molecule has 0 aromatic heterocycles. The van der Waals surface area contributed by atoms with Gasteiger partial charge in [-0.05, 0) is 36.2 Å². The number of urea groups is 1. The van der Waals surface area contributed by atoms with Crippen molar-refractivity contribution in [3.63, 3.8) is 0 Å². The maximum Gasteiger partial charge on any atom is 0.319 e. The molecule has 0 spiro atoms. The predicted molar refractivity (Wildman–Crippen MR) is 133 cm³/mol. The predicted octanol–water partition coefficient (Wildman–Crippen LogP) is 4.60. The molecule has 170 valence electrons. The van der Waals surface area contributed by atoms with E-state index in [1.807, 2.05) is 54.3 Å². The van der Waals surface area contributed by atoms with Crippen LogP contribution in [-0.2, 0) is 4.79 Å². The molecule has 3 rings (SSSR count). The molecule has 1 unspecified atom stereocenters. The average Bonchev–Trinajstić information content (AvgIpc) is 2.81. The number of nitrogens with zero attached hydrogens (tertiary/aromatic N) is 2. The van der Waals surface area contributed by atoms with Crippen LogP contribution >= 0.6 is 15.9 Å². The number of amides is 3. The molecule has 0 radical (unpaired) electrons. The highest BCUT2D eigenvalue weighted by atomic mass is 79.9. The first-order valence-electron chi connectivity index (χ1n) is 11.1. The van der Waals surface area contributed by atoms with Gasteiger partial charge in [0.05, 0.1) is 0 Å². The lowest BCUT2D eigenvalue weighted by Gasteiger charge is -2.36. The Kier molecular flexibility index (Phi) is 9.31. The van der Waals surface area contributed by atoms with Crippen LogP contribution in [0, 0.1) is 0 Å². The summed E-state index contributed by atoms with van der Waals surface area (Å²) in [6, 6.07) is 16.7. The molecule has 2 aromatic rings. The lowest BCUT2D eigenvalue weighted by Crippen LogP contribution is -2.55. The minimum atomic E-state index is -0.514. The monoisotopic (exact) mass is 498 g/mol. The second-order valence-electron chi connectivity index (χ2n) is 7.89. The highest BCUT2D eigenvalue weighted by molar-refractivity contribution is 9.10. The van der Waals surface area contributed by atoms with Crippen LogP contribution in [0.25, 0.3) is 6.08 Å². The Hall–Kier alpha value is -2.64. The molecule has 7 heteroatoms. The molecule has 1 atom stereocenters. The number of carbonyl (C=O) groups is 2. The molecule has 32 heavy (non-hydrogen) atoms. The van der Waals surface area contributed by atoms with Crippen molar-refractivity contribution in [3.05, 3.63) is 70.7 Å². The molecule has 3 amide bonds. The Morgan fingerprint density at radius 2 is 1.72 bits per heavy atom. The maximum atomic E-state index is 13.1. The summed E-state index contributed by atoms with van der Waals surface area (Å²) in [5.41, 5.74) is 1.88. The second-order valence-corrected chi connectivity index (χ2v) is 8.80. The van der Waals surface area contributed by atoms with Gasteiger partial charge in [-0.25, -0.2) is 4.79 Å². The van der Waals surface area contributed by atoms with Crippen LogP contribution < -0.4 is 10.6 Å². The molecule has 2 aromatic carbocycles. The largest absolute Gasteiger partial charge is 0.338 e. The van der Waals surface area contributed by atoms with E-state index in [4.69, 9.17) is 0 Å². The Labute approximate surface area is 198 Å². The zero-order valence-corrected chi connectivity index (χ0v) is 20.1. The molecule has 1 fully saturated rings. The van der Waals surface area contributed by atoms with E-state index in [-0.39, 0.29) is 11.9 Å². The Bertz CT molecular complexity index is 894. The molecule has 1 aliphatic rings. The molecule has 0 bridgehead atoms. The van der Waals surface area contributed by atoms with Crippen LogP contribution in [0.5, 0.6) is 0 Å². The fraction of sp³-hybridized carbons (Fsp3) is 0.360. The van der Waals surface area contributed by atoms with Crippen molar-refractivity contribution in [2.24, 2.45) is 0 Å². The van der Waals surface area contributed by atoms with Crippen molar-refractivity contribution in [2.45, 2.75) is 25.8 Å². The Morgan fingerprint density at radius 3 is 2.38 bits per heavy atom. The Balaban J connectivity index is 1.47. The van der Waals surface area contributed by atoms with Crippen molar-refractivity contribution in [1.29, 1.82) is 0 Å². The van der Waals surface area contributed by atoms with Gasteiger partial charge in [0.1, 0.15) is 6.04 Å². The maximum absolute atomic E-state index is 13.1. The van der Waals surface area contributed by atoms with Gasteiger partial charge in [0.15, 0.2) is 0 Å². The van der Waals surface area contributed by atoms with E-state index >= 15 is 0 Å². The van der Waals surface area contributed by atoms with Gasteiger partial charge >= 0.3 is 6.03 Å². The fourth-order valence-corrected chi connectivity index (χ4v) is 3.94. The molecule has 2 N–H and O–H groups in total. The number of hydrogen-bond donors (Lipinski definition) is 2. The van der Waals surface area contributed by atoms with E-state index in [0.717, 1.165) is 30.5 Å². The summed E-state index contributed by atoms with van der Waals surface area (Å²) in [5.74, 6) is -0.00252. The number of benzene rings is 2. The smallest absolute Gasteiger partial charge is 0.319 e. The first kappa shape index (κ1) is 24.0. The summed E-state index contributed by atoms with van der Waals surface area (Å²) >= 11 is 3.38. The molecule has 0 saturated carbocycles. The quantitative estimate of drug-likeness (QED) is 0.558. The number of piperazine rings is 1. The van der Waals surface area contributed by atoms with Crippen molar-refractivity contribution in [2.75, 3.05) is 38.0 Å². The third kappa shape index (κ3) is 7.50. The summed E-state index contributed by atoms with van der Waals surface area (Å²) in [4.78, 5) is 29.7. The number of halogens is 1. The third-order valence-corrected chi connectivity index (χ3v) is 5.97. The van der Waals surface area contributed by atoms with Gasteiger partial charge < -0.3 is 15.5 Å². The van der Waals surface area contributed by atoms with Crippen LogP contribution in [0.4, 0.5) is 10.5 Å². The molecular weight excluding hydrogens is 468 g/mol. The molecule has 1 heterocycles. The van der Waals surface area contributed by atoms with Gasteiger partial charge in [-0.3, -0.25) is 9.69 Å². The highest BCUT2D eigenvalue weighted by Gasteiger charge is 2.27. The number of rotatable bonds is 8. The Morgan fingerprint density at radius 1 is 1.03 bits per heavy atom. The molecule has 6 nitrogen and oxygen atoms in total. The minimum absolute atomic E-state index is 0.00252. The fourth-order valence-electron chi connectivity index (χ4n) is 3.68. The van der Waals surface area contributed by atoms with Crippen molar-refractivity contribution in [3.8, 4) is 0 Å². The second kappa shape index (κ2) is 12.4. The first-order valence-corrected chi connectivity index (χ1v) is 11.9. The first-order chi connectivity index (χ1) is 15.5. The number of carbonyl (C=O) groups excluding carboxylic acids is 2. The number of nitrogens with one attached hydrogen (secondary N) is 2. The van der Waals surface area contributed by atoms with Crippen LogP contribution in [0.2, 0.25) is 0 Å². The van der Waals surface area contributed by atoms with E-state index < -0.39 is 6.04 Å². The van der Waals surface area contributed by atoms with Crippen LogP contribution in [0.1, 0.15) is 25.3 Å². The molecule has 1 aliphatic heterocycles. The topological polar surface area (TPSA) is 64.7 Å². The lowest BCUT2D eigenvalue weighted by molar-refractivity contribution is -0.135. The zero-order chi connectivity index (χ0) is 22.8. The summed E-state index contributed by atoms with van der Waals surface area (Å²) in [5, 5.41) is 5.67. The van der Waals surface area contributed by atoms with Gasteiger partial charge in [0, 0.05) is 42.9 Å².